The van der Waals surface area contributed by atoms with Crippen LogP contribution in [-0.4, -0.2) is 9.97 Å². The van der Waals surface area contributed by atoms with Gasteiger partial charge < -0.3 is 10.3 Å². The number of hydrogen-bond donors (Lipinski definition) is 2. The summed E-state index contributed by atoms with van der Waals surface area (Å²) in [5.74, 6) is 0. The highest BCUT2D eigenvalue weighted by atomic mass is 32.1. The van der Waals surface area contributed by atoms with E-state index in [2.05, 4.69) is 27.4 Å². The maximum Gasteiger partial charge on any atom is 0.251 e. The smallest absolute Gasteiger partial charge is 0.251 e. The van der Waals surface area contributed by atoms with Crippen molar-refractivity contribution in [3.63, 3.8) is 0 Å². The van der Waals surface area contributed by atoms with Crippen molar-refractivity contribution in [2.45, 2.75) is 13.0 Å². The minimum Gasteiger partial charge on any atom is -0.357 e. The summed E-state index contributed by atoms with van der Waals surface area (Å²) in [4.78, 5) is 20.7. The second-order valence-electron chi connectivity index (χ2n) is 5.86. The Balaban J connectivity index is 1.49. The maximum atomic E-state index is 12.3. The summed E-state index contributed by atoms with van der Waals surface area (Å²) >= 11 is 1.59. The lowest BCUT2D eigenvalue weighted by Gasteiger charge is -2.02. The monoisotopic (exact) mass is 347 g/mol. The summed E-state index contributed by atoms with van der Waals surface area (Å²) in [5, 5.41) is 5.25. The first kappa shape index (κ1) is 15.6. The Bertz CT molecular complexity index is 1050. The highest BCUT2D eigenvalue weighted by molar-refractivity contribution is 7.15. The summed E-state index contributed by atoms with van der Waals surface area (Å²) in [6.45, 7) is 0.740. The lowest BCUT2D eigenvalue weighted by atomic mass is 10.1. The molecule has 0 aliphatic rings. The highest BCUT2D eigenvalue weighted by Gasteiger charge is 2.07. The number of thiazole rings is 1. The summed E-state index contributed by atoms with van der Waals surface area (Å²) < 4.78 is 0. The number of H-pyrrole nitrogens is 1. The number of nitrogens with zero attached hydrogens (tertiary/aromatic N) is 1. The van der Waals surface area contributed by atoms with Gasteiger partial charge in [-0.15, -0.1) is 11.3 Å². The zero-order valence-electron chi connectivity index (χ0n) is 13.5. The van der Waals surface area contributed by atoms with Gasteiger partial charge in [-0.05, 0) is 23.1 Å². The minimum atomic E-state index is -0.0362. The van der Waals surface area contributed by atoms with E-state index in [4.69, 9.17) is 0 Å². The van der Waals surface area contributed by atoms with Crippen LogP contribution in [0.4, 0.5) is 5.13 Å². The average molecular weight is 347 g/mol. The largest absolute Gasteiger partial charge is 0.357 e. The predicted molar refractivity (Wildman–Crippen MR) is 103 cm³/mol. The first-order chi connectivity index (χ1) is 12.3. The van der Waals surface area contributed by atoms with Gasteiger partial charge in [0.25, 0.3) is 5.56 Å². The number of nitrogens with one attached hydrogen (secondary N) is 2. The first-order valence-electron chi connectivity index (χ1n) is 8.11. The number of benzene rings is 2. The molecule has 2 heterocycles. The Morgan fingerprint density at radius 1 is 1.04 bits per heavy atom. The summed E-state index contributed by atoms with van der Waals surface area (Å²) in [6, 6.07) is 20.0. The molecule has 0 unspecified atom stereocenters. The SMILES string of the molecule is O=c1[nH]c2ccccc2cc1Cc1cnc(NCc2ccccc2)s1. The van der Waals surface area contributed by atoms with Crippen LogP contribution < -0.4 is 10.9 Å². The van der Waals surface area contributed by atoms with Gasteiger partial charge in [0, 0.05) is 35.1 Å². The Morgan fingerprint density at radius 2 is 1.84 bits per heavy atom. The molecule has 0 spiro atoms. The minimum absolute atomic E-state index is 0.0362. The number of pyridine rings is 1. The van der Waals surface area contributed by atoms with Crippen molar-refractivity contribution in [1.82, 2.24) is 9.97 Å². The molecule has 0 radical (unpaired) electrons. The molecule has 0 amide bonds. The van der Waals surface area contributed by atoms with Crippen LogP contribution in [0.2, 0.25) is 0 Å². The topological polar surface area (TPSA) is 57.8 Å². The molecule has 2 N–H and O–H groups in total. The molecule has 0 saturated carbocycles. The van der Waals surface area contributed by atoms with Gasteiger partial charge in [0.2, 0.25) is 0 Å². The fourth-order valence-electron chi connectivity index (χ4n) is 2.76. The maximum absolute atomic E-state index is 12.3. The molecule has 0 atom stereocenters. The van der Waals surface area contributed by atoms with Gasteiger partial charge in [-0.2, -0.15) is 0 Å². The Hall–Kier alpha value is -2.92. The van der Waals surface area contributed by atoms with Crippen molar-refractivity contribution < 1.29 is 0 Å². The molecule has 5 heteroatoms. The molecular formula is C20H17N3OS. The predicted octanol–water partition coefficient (Wildman–Crippen LogP) is 4.19. The molecule has 0 fully saturated rings. The second kappa shape index (κ2) is 6.91. The second-order valence-corrected chi connectivity index (χ2v) is 6.97. The van der Waals surface area contributed by atoms with Gasteiger partial charge in [0.05, 0.1) is 0 Å². The molecule has 2 aromatic heterocycles. The molecule has 0 aliphatic carbocycles. The van der Waals surface area contributed by atoms with Gasteiger partial charge >= 0.3 is 0 Å². The molecule has 0 saturated heterocycles. The third kappa shape index (κ3) is 3.61. The van der Waals surface area contributed by atoms with Crippen LogP contribution in [0.15, 0.2) is 71.7 Å². The van der Waals surface area contributed by atoms with E-state index in [0.29, 0.717) is 6.42 Å². The van der Waals surface area contributed by atoms with Crippen LogP contribution in [0.1, 0.15) is 16.0 Å². The highest BCUT2D eigenvalue weighted by Crippen LogP contribution is 2.21. The molecule has 4 aromatic rings. The van der Waals surface area contributed by atoms with E-state index >= 15 is 0 Å². The van der Waals surface area contributed by atoms with Crippen LogP contribution >= 0.6 is 11.3 Å². The third-order valence-electron chi connectivity index (χ3n) is 4.04. The van der Waals surface area contributed by atoms with Crippen LogP contribution in [0.3, 0.4) is 0 Å². The standard InChI is InChI=1S/C20H17N3OS/c24-19-16(10-15-8-4-5-9-18(15)23-19)11-17-13-22-20(25-17)21-12-14-6-2-1-3-7-14/h1-10,13H,11-12H2,(H,21,22)(H,23,24). The third-order valence-corrected chi connectivity index (χ3v) is 4.99. The quantitative estimate of drug-likeness (QED) is 0.569. The molecule has 124 valence electrons. The van der Waals surface area contributed by atoms with Gasteiger partial charge in [-0.25, -0.2) is 4.98 Å². The van der Waals surface area contributed by atoms with Crippen LogP contribution in [0.5, 0.6) is 0 Å². The number of anilines is 1. The van der Waals surface area contributed by atoms with Gasteiger partial charge in [-0.3, -0.25) is 4.79 Å². The van der Waals surface area contributed by atoms with Crippen molar-refractivity contribution >= 4 is 27.4 Å². The van der Waals surface area contributed by atoms with Gasteiger partial charge in [0.15, 0.2) is 5.13 Å². The van der Waals surface area contributed by atoms with E-state index in [1.165, 1.54) is 5.56 Å². The van der Waals surface area contributed by atoms with Crippen LogP contribution in [-0.2, 0) is 13.0 Å². The van der Waals surface area contributed by atoms with Crippen LogP contribution in [0, 0.1) is 0 Å². The average Bonchev–Trinajstić information content (AvgIpc) is 3.09. The zero-order chi connectivity index (χ0) is 17.1. The molecule has 4 rings (SSSR count). The lowest BCUT2D eigenvalue weighted by Crippen LogP contribution is -2.12. The number of hydrogen-bond acceptors (Lipinski definition) is 4. The normalized spacial score (nSPS) is 10.9. The fourth-order valence-corrected chi connectivity index (χ4v) is 3.59. The molecule has 0 aliphatic heterocycles. The lowest BCUT2D eigenvalue weighted by molar-refractivity contribution is 1.12. The zero-order valence-corrected chi connectivity index (χ0v) is 14.3. The summed E-state index contributed by atoms with van der Waals surface area (Å²) in [6.07, 6.45) is 2.43. The summed E-state index contributed by atoms with van der Waals surface area (Å²) in [5.41, 5.74) is 2.80. The van der Waals surface area contributed by atoms with E-state index < -0.39 is 0 Å². The number of rotatable bonds is 5. The van der Waals surface area contributed by atoms with Crippen molar-refractivity contribution in [2.75, 3.05) is 5.32 Å². The van der Waals surface area contributed by atoms with Crippen molar-refractivity contribution in [1.29, 1.82) is 0 Å². The molecule has 4 nitrogen and oxygen atoms in total. The molecule has 0 bridgehead atoms. The Kier molecular flexibility index (Phi) is 4.31. The number of para-hydroxylation sites is 1. The number of fused-ring (bicyclic) bond motifs is 1. The fraction of sp³-hybridized carbons (Fsp3) is 0.100. The Morgan fingerprint density at radius 3 is 2.72 bits per heavy atom. The van der Waals surface area contributed by atoms with E-state index in [9.17, 15) is 4.79 Å². The van der Waals surface area contributed by atoms with Crippen molar-refractivity contribution in [2.24, 2.45) is 0 Å². The van der Waals surface area contributed by atoms with Gasteiger partial charge in [-0.1, -0.05) is 48.5 Å². The summed E-state index contributed by atoms with van der Waals surface area (Å²) in [7, 11) is 0. The van der Waals surface area contributed by atoms with E-state index in [-0.39, 0.29) is 5.56 Å². The number of aromatic amines is 1. The van der Waals surface area contributed by atoms with Gasteiger partial charge in [0.1, 0.15) is 0 Å². The number of aromatic nitrogens is 2. The van der Waals surface area contributed by atoms with E-state index in [0.717, 1.165) is 33.0 Å². The Labute approximate surface area is 149 Å². The van der Waals surface area contributed by atoms with Crippen molar-refractivity contribution in [3.05, 3.63) is 93.2 Å². The van der Waals surface area contributed by atoms with E-state index in [1.807, 2.05) is 54.7 Å². The van der Waals surface area contributed by atoms with Crippen molar-refractivity contribution in [3.8, 4) is 0 Å². The van der Waals surface area contributed by atoms with Crippen LogP contribution in [0.25, 0.3) is 10.9 Å². The molecule has 2 aromatic carbocycles. The first-order valence-corrected chi connectivity index (χ1v) is 8.93. The van der Waals surface area contributed by atoms with E-state index in [1.54, 1.807) is 11.3 Å². The molecule has 25 heavy (non-hydrogen) atoms. The molecular weight excluding hydrogens is 330 g/mol.